The van der Waals surface area contributed by atoms with Crippen LogP contribution in [0.5, 0.6) is 0 Å². The van der Waals surface area contributed by atoms with Gasteiger partial charge in [0, 0.05) is 12.4 Å². The molecule has 1 aromatic carbocycles. The molecule has 6 heteroatoms. The van der Waals surface area contributed by atoms with E-state index in [1.165, 1.54) is 12.1 Å². The molecule has 0 unspecified atom stereocenters. The van der Waals surface area contributed by atoms with Gasteiger partial charge in [0.25, 0.3) is 5.91 Å². The lowest BCUT2D eigenvalue weighted by Crippen LogP contribution is -2.41. The number of carbonyl (C=O) groups excluding carboxylic acids is 1. The van der Waals surface area contributed by atoms with E-state index in [2.05, 4.69) is 10.3 Å². The third-order valence-electron chi connectivity index (χ3n) is 3.00. The number of hydrogen-bond donors (Lipinski definition) is 1. The van der Waals surface area contributed by atoms with E-state index in [0.29, 0.717) is 0 Å². The molecule has 0 spiro atoms. The molecule has 3 N–H and O–H groups in total. The molecular weight excluding hydrogens is 295 g/mol. The highest BCUT2D eigenvalue weighted by molar-refractivity contribution is 6.33. The Bertz CT molecular complexity index is 633. The van der Waals surface area contributed by atoms with Gasteiger partial charge in [-0.05, 0) is 49.7 Å². The molecular formula is C15H16ClFN2O2. The van der Waals surface area contributed by atoms with Crippen molar-refractivity contribution in [2.24, 2.45) is 0 Å². The second kappa shape index (κ2) is 6.65. The molecule has 112 valence electrons. The summed E-state index contributed by atoms with van der Waals surface area (Å²) in [5, 5.41) is 2.97. The fourth-order valence-electron chi connectivity index (χ4n) is 1.87. The minimum absolute atomic E-state index is 0. The maximum Gasteiger partial charge on any atom is 0.253 e. The number of halogens is 2. The Kier molecular flexibility index (Phi) is 5.41. The van der Waals surface area contributed by atoms with Crippen molar-refractivity contribution in [1.82, 2.24) is 10.3 Å². The molecule has 4 nitrogen and oxygen atoms in total. The van der Waals surface area contributed by atoms with Gasteiger partial charge in [-0.25, -0.2) is 4.39 Å². The zero-order valence-electron chi connectivity index (χ0n) is 11.7. The topological polar surface area (TPSA) is 73.5 Å². The van der Waals surface area contributed by atoms with E-state index in [1.54, 1.807) is 12.4 Å². The van der Waals surface area contributed by atoms with Crippen LogP contribution in [0.4, 0.5) is 4.39 Å². The van der Waals surface area contributed by atoms with E-state index < -0.39 is 11.4 Å². The van der Waals surface area contributed by atoms with Crippen LogP contribution in [0.25, 0.3) is 0 Å². The Balaban J connectivity index is 0.00000220. The highest BCUT2D eigenvalue weighted by Gasteiger charge is 2.24. The van der Waals surface area contributed by atoms with E-state index in [-0.39, 0.29) is 22.0 Å². The quantitative estimate of drug-likeness (QED) is 0.946. The molecule has 1 aromatic heterocycles. The highest BCUT2D eigenvalue weighted by atomic mass is 35.5. The second-order valence-corrected chi connectivity index (χ2v) is 5.35. The van der Waals surface area contributed by atoms with E-state index in [0.717, 1.165) is 11.6 Å². The molecule has 0 saturated heterocycles. The van der Waals surface area contributed by atoms with Crippen molar-refractivity contribution in [3.63, 3.8) is 0 Å². The third kappa shape index (κ3) is 4.00. The predicted molar refractivity (Wildman–Crippen MR) is 79.8 cm³/mol. The summed E-state index contributed by atoms with van der Waals surface area (Å²) in [6, 6.07) is 7.35. The first-order chi connectivity index (χ1) is 9.40. The number of hydrogen-bond acceptors (Lipinski definition) is 2. The molecule has 1 heterocycles. The van der Waals surface area contributed by atoms with Gasteiger partial charge in [-0.3, -0.25) is 9.78 Å². The molecule has 0 fully saturated rings. The van der Waals surface area contributed by atoms with Crippen LogP contribution in [0.3, 0.4) is 0 Å². The SMILES string of the molecule is CC(C)(NC(=O)c1ccc(F)cc1Cl)c1ccncc1.O. The van der Waals surface area contributed by atoms with Gasteiger partial charge in [0.15, 0.2) is 0 Å². The molecule has 21 heavy (non-hydrogen) atoms. The van der Waals surface area contributed by atoms with Gasteiger partial charge in [0.1, 0.15) is 5.82 Å². The smallest absolute Gasteiger partial charge is 0.253 e. The molecule has 2 rings (SSSR count). The molecule has 0 aliphatic carbocycles. The summed E-state index contributed by atoms with van der Waals surface area (Å²) in [6.45, 7) is 3.75. The lowest BCUT2D eigenvalue weighted by atomic mass is 9.95. The van der Waals surface area contributed by atoms with Crippen LogP contribution in [0.1, 0.15) is 29.8 Å². The Hall–Kier alpha value is -1.98. The molecule has 0 bridgehead atoms. The van der Waals surface area contributed by atoms with Gasteiger partial charge in [-0.15, -0.1) is 0 Å². The van der Waals surface area contributed by atoms with Gasteiger partial charge in [-0.1, -0.05) is 11.6 Å². The molecule has 0 aliphatic rings. The molecule has 1 amide bonds. The van der Waals surface area contributed by atoms with Crippen molar-refractivity contribution in [3.8, 4) is 0 Å². The van der Waals surface area contributed by atoms with Crippen molar-refractivity contribution >= 4 is 17.5 Å². The maximum atomic E-state index is 13.0. The number of benzene rings is 1. The standard InChI is InChI=1S/C15H14ClFN2O.H2O/c1-15(2,10-5-7-18-8-6-10)19-14(20)12-4-3-11(17)9-13(12)16;/h3-9H,1-2H3,(H,19,20);1H2. The number of nitrogens with one attached hydrogen (secondary N) is 1. The van der Waals surface area contributed by atoms with E-state index in [9.17, 15) is 9.18 Å². The zero-order chi connectivity index (χ0) is 14.8. The van der Waals surface area contributed by atoms with Gasteiger partial charge in [0.2, 0.25) is 0 Å². The van der Waals surface area contributed by atoms with Gasteiger partial charge < -0.3 is 10.8 Å². The van der Waals surface area contributed by atoms with E-state index in [1.807, 2.05) is 26.0 Å². The van der Waals surface area contributed by atoms with Crippen LogP contribution in [-0.4, -0.2) is 16.4 Å². The van der Waals surface area contributed by atoms with Crippen molar-refractivity contribution in [3.05, 3.63) is 64.7 Å². The van der Waals surface area contributed by atoms with Crippen LogP contribution in [0.2, 0.25) is 5.02 Å². The molecule has 0 aliphatic heterocycles. The van der Waals surface area contributed by atoms with E-state index >= 15 is 0 Å². The zero-order valence-corrected chi connectivity index (χ0v) is 12.4. The first-order valence-electron chi connectivity index (χ1n) is 6.08. The van der Waals surface area contributed by atoms with Crippen LogP contribution >= 0.6 is 11.6 Å². The monoisotopic (exact) mass is 310 g/mol. The Morgan fingerprint density at radius 1 is 1.24 bits per heavy atom. The maximum absolute atomic E-state index is 13.0. The molecule has 0 radical (unpaired) electrons. The summed E-state index contributed by atoms with van der Waals surface area (Å²) < 4.78 is 13.0. The summed E-state index contributed by atoms with van der Waals surface area (Å²) in [5.41, 5.74) is 0.576. The summed E-state index contributed by atoms with van der Waals surface area (Å²) in [4.78, 5) is 16.2. The van der Waals surface area contributed by atoms with Crippen molar-refractivity contribution in [2.75, 3.05) is 0 Å². The number of rotatable bonds is 3. The first kappa shape index (κ1) is 17.1. The number of aromatic nitrogens is 1. The number of amides is 1. The van der Waals surface area contributed by atoms with Crippen molar-refractivity contribution in [2.45, 2.75) is 19.4 Å². The Morgan fingerprint density at radius 3 is 2.43 bits per heavy atom. The van der Waals surface area contributed by atoms with Crippen LogP contribution in [0, 0.1) is 5.82 Å². The van der Waals surface area contributed by atoms with Gasteiger partial charge in [0.05, 0.1) is 16.1 Å². The summed E-state index contributed by atoms with van der Waals surface area (Å²) in [5.74, 6) is -0.822. The fourth-order valence-corrected chi connectivity index (χ4v) is 2.12. The lowest BCUT2D eigenvalue weighted by molar-refractivity contribution is 0.0912. The summed E-state index contributed by atoms with van der Waals surface area (Å²) >= 11 is 5.89. The Labute approximate surface area is 127 Å². The molecule has 2 aromatic rings. The minimum Gasteiger partial charge on any atom is -0.412 e. The predicted octanol–water partition coefficient (Wildman–Crippen LogP) is 2.71. The van der Waals surface area contributed by atoms with Crippen molar-refractivity contribution in [1.29, 1.82) is 0 Å². The third-order valence-corrected chi connectivity index (χ3v) is 3.32. The largest absolute Gasteiger partial charge is 0.412 e. The molecule has 0 saturated carbocycles. The van der Waals surface area contributed by atoms with Gasteiger partial charge >= 0.3 is 0 Å². The number of pyridine rings is 1. The highest BCUT2D eigenvalue weighted by Crippen LogP contribution is 2.22. The van der Waals surface area contributed by atoms with Crippen LogP contribution in [-0.2, 0) is 5.54 Å². The first-order valence-corrected chi connectivity index (χ1v) is 6.46. The molecule has 0 atom stereocenters. The Morgan fingerprint density at radius 2 is 1.86 bits per heavy atom. The van der Waals surface area contributed by atoms with E-state index in [4.69, 9.17) is 11.6 Å². The van der Waals surface area contributed by atoms with Crippen LogP contribution < -0.4 is 5.32 Å². The second-order valence-electron chi connectivity index (χ2n) is 4.94. The minimum atomic E-state index is -0.586. The number of carbonyl (C=O) groups is 1. The van der Waals surface area contributed by atoms with Crippen molar-refractivity contribution < 1.29 is 14.7 Å². The van der Waals surface area contributed by atoms with Crippen LogP contribution in [0.15, 0.2) is 42.7 Å². The average molecular weight is 311 g/mol. The average Bonchev–Trinajstić information content (AvgIpc) is 2.39. The fraction of sp³-hybridized carbons (Fsp3) is 0.200. The number of nitrogens with zero attached hydrogens (tertiary/aromatic N) is 1. The normalized spacial score (nSPS) is 10.7. The summed E-state index contributed by atoms with van der Waals surface area (Å²) in [6.07, 6.45) is 3.32. The lowest BCUT2D eigenvalue weighted by Gasteiger charge is -2.27. The summed E-state index contributed by atoms with van der Waals surface area (Å²) in [7, 11) is 0. The van der Waals surface area contributed by atoms with Gasteiger partial charge in [-0.2, -0.15) is 0 Å².